The summed E-state index contributed by atoms with van der Waals surface area (Å²) in [6.45, 7) is 1.26. The Kier molecular flexibility index (Phi) is 5.63. The second kappa shape index (κ2) is 8.11. The van der Waals surface area contributed by atoms with Crippen LogP contribution in [0.25, 0.3) is 0 Å². The molecule has 8 heteroatoms. The first kappa shape index (κ1) is 18.8. The van der Waals surface area contributed by atoms with Crippen LogP contribution < -0.4 is 4.90 Å². The fourth-order valence-electron chi connectivity index (χ4n) is 2.85. The molecular weight excluding hydrogens is 361 g/mol. The molecule has 1 aliphatic heterocycles. The average molecular weight is 378 g/mol. The van der Waals surface area contributed by atoms with Crippen LogP contribution in [0, 0.1) is 17.5 Å². The van der Waals surface area contributed by atoms with Crippen LogP contribution in [0.1, 0.15) is 10.4 Å². The number of piperazine rings is 1. The lowest BCUT2D eigenvalue weighted by Gasteiger charge is -2.36. The van der Waals surface area contributed by atoms with Gasteiger partial charge in [0.15, 0.2) is 6.61 Å². The first-order valence-electron chi connectivity index (χ1n) is 8.35. The van der Waals surface area contributed by atoms with E-state index in [0.29, 0.717) is 26.2 Å². The number of benzene rings is 2. The number of carbonyl (C=O) groups is 2. The fourth-order valence-corrected chi connectivity index (χ4v) is 2.85. The van der Waals surface area contributed by atoms with Crippen molar-refractivity contribution >= 4 is 17.6 Å². The van der Waals surface area contributed by atoms with E-state index in [2.05, 4.69) is 0 Å². The molecule has 0 aromatic heterocycles. The van der Waals surface area contributed by atoms with Crippen molar-refractivity contribution in [3.8, 4) is 0 Å². The number of hydrogen-bond acceptors (Lipinski definition) is 4. The Bertz CT molecular complexity index is 814. The normalized spacial score (nSPS) is 14.2. The standard InChI is InChI=1S/C19H17F3N2O3/c20-13-4-6-14(7-5-13)23-8-10-24(11-9-23)17(25)12-27-19(26)18-15(21)2-1-3-16(18)22/h1-7H,8-12H2. The molecule has 1 heterocycles. The minimum atomic E-state index is -1.22. The van der Waals surface area contributed by atoms with E-state index in [1.54, 1.807) is 12.1 Å². The summed E-state index contributed by atoms with van der Waals surface area (Å²) in [4.78, 5) is 27.5. The molecule has 27 heavy (non-hydrogen) atoms. The number of rotatable bonds is 4. The zero-order chi connectivity index (χ0) is 19.4. The molecule has 0 radical (unpaired) electrons. The van der Waals surface area contributed by atoms with E-state index in [9.17, 15) is 22.8 Å². The molecule has 0 spiro atoms. The molecule has 0 unspecified atom stereocenters. The number of halogens is 3. The van der Waals surface area contributed by atoms with Gasteiger partial charge >= 0.3 is 5.97 Å². The van der Waals surface area contributed by atoms with Crippen LogP contribution in [0.3, 0.4) is 0 Å². The first-order valence-corrected chi connectivity index (χ1v) is 8.35. The summed E-state index contributed by atoms with van der Waals surface area (Å²) in [5.41, 5.74) is 0.0383. The second-order valence-electron chi connectivity index (χ2n) is 6.02. The van der Waals surface area contributed by atoms with E-state index in [1.807, 2.05) is 4.90 Å². The summed E-state index contributed by atoms with van der Waals surface area (Å²) in [7, 11) is 0. The van der Waals surface area contributed by atoms with Gasteiger partial charge in [-0.05, 0) is 36.4 Å². The lowest BCUT2D eigenvalue weighted by Crippen LogP contribution is -2.49. The molecule has 0 atom stereocenters. The van der Waals surface area contributed by atoms with E-state index in [0.717, 1.165) is 23.9 Å². The number of carbonyl (C=O) groups excluding carboxylic acids is 2. The zero-order valence-electron chi connectivity index (χ0n) is 14.3. The van der Waals surface area contributed by atoms with Gasteiger partial charge in [-0.25, -0.2) is 18.0 Å². The summed E-state index contributed by atoms with van der Waals surface area (Å²) in [5, 5.41) is 0. The third-order valence-corrected chi connectivity index (χ3v) is 4.32. The van der Waals surface area contributed by atoms with Gasteiger partial charge in [0.1, 0.15) is 23.0 Å². The zero-order valence-corrected chi connectivity index (χ0v) is 14.3. The van der Waals surface area contributed by atoms with Gasteiger partial charge in [0, 0.05) is 31.9 Å². The van der Waals surface area contributed by atoms with Gasteiger partial charge in [-0.15, -0.1) is 0 Å². The highest BCUT2D eigenvalue weighted by molar-refractivity contribution is 5.91. The Morgan fingerprint density at radius 1 is 0.889 bits per heavy atom. The largest absolute Gasteiger partial charge is 0.452 e. The quantitative estimate of drug-likeness (QED) is 0.768. The van der Waals surface area contributed by atoms with Crippen molar-refractivity contribution in [2.75, 3.05) is 37.7 Å². The van der Waals surface area contributed by atoms with Crippen molar-refractivity contribution in [1.82, 2.24) is 4.90 Å². The van der Waals surface area contributed by atoms with E-state index < -0.39 is 35.7 Å². The monoisotopic (exact) mass is 378 g/mol. The van der Waals surface area contributed by atoms with Crippen molar-refractivity contribution in [1.29, 1.82) is 0 Å². The van der Waals surface area contributed by atoms with E-state index in [-0.39, 0.29) is 5.82 Å². The van der Waals surface area contributed by atoms with Crippen molar-refractivity contribution in [2.24, 2.45) is 0 Å². The predicted molar refractivity (Wildman–Crippen MR) is 91.8 cm³/mol. The maximum atomic E-state index is 13.5. The van der Waals surface area contributed by atoms with E-state index in [1.165, 1.54) is 17.0 Å². The minimum absolute atomic E-state index is 0.319. The van der Waals surface area contributed by atoms with Gasteiger partial charge in [0.05, 0.1) is 0 Å². The molecule has 0 saturated carbocycles. The van der Waals surface area contributed by atoms with Crippen LogP contribution >= 0.6 is 0 Å². The fraction of sp³-hybridized carbons (Fsp3) is 0.263. The van der Waals surface area contributed by atoms with Gasteiger partial charge in [-0.2, -0.15) is 0 Å². The first-order chi connectivity index (χ1) is 13.0. The minimum Gasteiger partial charge on any atom is -0.452 e. The van der Waals surface area contributed by atoms with Gasteiger partial charge < -0.3 is 14.5 Å². The van der Waals surface area contributed by atoms with Gasteiger partial charge in [0.25, 0.3) is 5.91 Å². The molecule has 2 aromatic rings. The van der Waals surface area contributed by atoms with Crippen LogP contribution in [0.4, 0.5) is 18.9 Å². The number of ether oxygens (including phenoxy) is 1. The highest BCUT2D eigenvalue weighted by atomic mass is 19.1. The second-order valence-corrected chi connectivity index (χ2v) is 6.02. The molecule has 1 saturated heterocycles. The Balaban J connectivity index is 1.51. The molecule has 3 rings (SSSR count). The highest BCUT2D eigenvalue weighted by Gasteiger charge is 2.24. The average Bonchev–Trinajstić information content (AvgIpc) is 2.67. The predicted octanol–water partition coefficient (Wildman–Crippen LogP) is 2.61. The molecule has 142 valence electrons. The summed E-state index contributed by atoms with van der Waals surface area (Å²) >= 11 is 0. The topological polar surface area (TPSA) is 49.9 Å². The van der Waals surface area contributed by atoms with Crippen molar-refractivity contribution < 1.29 is 27.5 Å². The maximum Gasteiger partial charge on any atom is 0.344 e. The third-order valence-electron chi connectivity index (χ3n) is 4.32. The number of esters is 1. The Morgan fingerprint density at radius 3 is 2.07 bits per heavy atom. The van der Waals surface area contributed by atoms with Crippen LogP contribution in [0.5, 0.6) is 0 Å². The third kappa shape index (κ3) is 4.39. The number of hydrogen-bond donors (Lipinski definition) is 0. The summed E-state index contributed by atoms with van der Waals surface area (Å²) in [5.74, 6) is -4.07. The Morgan fingerprint density at radius 2 is 1.48 bits per heavy atom. The lowest BCUT2D eigenvalue weighted by atomic mass is 10.2. The Labute approximate surface area is 153 Å². The molecule has 5 nitrogen and oxygen atoms in total. The van der Waals surface area contributed by atoms with Gasteiger partial charge in [-0.3, -0.25) is 4.79 Å². The maximum absolute atomic E-state index is 13.5. The number of anilines is 1. The van der Waals surface area contributed by atoms with E-state index >= 15 is 0 Å². The molecule has 0 bridgehead atoms. The summed E-state index contributed by atoms with van der Waals surface area (Å²) in [6.07, 6.45) is 0. The van der Waals surface area contributed by atoms with Crippen LogP contribution in [-0.4, -0.2) is 49.6 Å². The molecule has 1 amide bonds. The van der Waals surface area contributed by atoms with E-state index in [4.69, 9.17) is 4.74 Å². The van der Waals surface area contributed by atoms with Crippen LogP contribution in [0.15, 0.2) is 42.5 Å². The summed E-state index contributed by atoms with van der Waals surface area (Å²) in [6, 6.07) is 9.08. The van der Waals surface area contributed by atoms with Crippen LogP contribution in [0.2, 0.25) is 0 Å². The molecule has 2 aromatic carbocycles. The van der Waals surface area contributed by atoms with Gasteiger partial charge in [-0.1, -0.05) is 6.07 Å². The van der Waals surface area contributed by atoms with Crippen molar-refractivity contribution in [3.05, 3.63) is 65.5 Å². The summed E-state index contributed by atoms with van der Waals surface area (Å²) < 4.78 is 44.8. The van der Waals surface area contributed by atoms with Crippen LogP contribution in [-0.2, 0) is 9.53 Å². The van der Waals surface area contributed by atoms with Crippen molar-refractivity contribution in [3.63, 3.8) is 0 Å². The molecule has 1 fully saturated rings. The molecule has 0 N–H and O–H groups in total. The Hall–Kier alpha value is -3.03. The van der Waals surface area contributed by atoms with Gasteiger partial charge in [0.2, 0.25) is 0 Å². The molecule has 0 aliphatic carbocycles. The van der Waals surface area contributed by atoms with Crippen molar-refractivity contribution in [2.45, 2.75) is 0 Å². The SMILES string of the molecule is O=C(OCC(=O)N1CCN(c2ccc(F)cc2)CC1)c1c(F)cccc1F. The highest BCUT2D eigenvalue weighted by Crippen LogP contribution is 2.17. The lowest BCUT2D eigenvalue weighted by molar-refractivity contribution is -0.134. The molecular formula is C19H17F3N2O3. The number of amides is 1. The smallest absolute Gasteiger partial charge is 0.344 e. The molecule has 1 aliphatic rings. The number of nitrogens with zero attached hydrogens (tertiary/aromatic N) is 2.